The Bertz CT molecular complexity index is 902. The topological polar surface area (TPSA) is 136 Å². The van der Waals surface area contributed by atoms with E-state index in [1.165, 1.54) is 5.57 Å². The number of allylic oxidation sites excluding steroid dienone is 1. The molecule has 0 aromatic rings. The SMILES string of the molecule is CC(=O)C1CCC2C3CC=C4CC(OC5OC(C(=O)[O-])C(O)C(O)C5O)CCC4(C)C3CCC12C. The Morgan fingerprint density at radius 3 is 2.46 bits per heavy atom. The van der Waals surface area contributed by atoms with Crippen LogP contribution in [0.25, 0.3) is 0 Å². The Hall–Kier alpha value is -1.32. The number of carbonyl (C=O) groups is 2. The van der Waals surface area contributed by atoms with E-state index in [-0.39, 0.29) is 22.9 Å². The summed E-state index contributed by atoms with van der Waals surface area (Å²) in [6.45, 7) is 6.47. The summed E-state index contributed by atoms with van der Waals surface area (Å²) in [5.41, 5.74) is 1.53. The maximum Gasteiger partial charge on any atom is 0.187 e. The molecule has 35 heavy (non-hydrogen) atoms. The third-order valence-corrected chi connectivity index (χ3v) is 10.7. The molecule has 1 aliphatic heterocycles. The molecule has 0 spiro atoms. The first-order chi connectivity index (χ1) is 16.5. The Kier molecular flexibility index (Phi) is 6.45. The predicted molar refractivity (Wildman–Crippen MR) is 122 cm³/mol. The number of hydrogen-bond donors (Lipinski definition) is 3. The van der Waals surface area contributed by atoms with E-state index in [0.29, 0.717) is 30.0 Å². The third kappa shape index (κ3) is 3.91. The average Bonchev–Trinajstić information content (AvgIpc) is 3.17. The van der Waals surface area contributed by atoms with Gasteiger partial charge in [0.15, 0.2) is 6.29 Å². The van der Waals surface area contributed by atoms with E-state index in [4.69, 9.17) is 9.47 Å². The fourth-order valence-electron chi connectivity index (χ4n) is 8.76. The minimum Gasteiger partial charge on any atom is -0.547 e. The van der Waals surface area contributed by atoms with Crippen molar-refractivity contribution in [1.82, 2.24) is 0 Å². The molecule has 196 valence electrons. The summed E-state index contributed by atoms with van der Waals surface area (Å²) in [5.74, 6) is 0.624. The van der Waals surface area contributed by atoms with Crippen molar-refractivity contribution < 1.29 is 39.5 Å². The van der Waals surface area contributed by atoms with Gasteiger partial charge in [-0.05, 0) is 86.9 Å². The first-order valence-electron chi connectivity index (χ1n) is 13.2. The number of carboxylic acid groups (broad SMARTS) is 1. The van der Waals surface area contributed by atoms with Gasteiger partial charge in [-0.3, -0.25) is 4.79 Å². The molecule has 5 aliphatic rings. The number of aliphatic carboxylic acids is 1. The number of ether oxygens (including phenoxy) is 2. The molecule has 1 saturated heterocycles. The lowest BCUT2D eigenvalue weighted by molar-refractivity contribution is -0.353. The summed E-state index contributed by atoms with van der Waals surface area (Å²) in [6.07, 6.45) is 1.65. The molecular weight excluding hydrogens is 452 g/mol. The second-order valence-electron chi connectivity index (χ2n) is 12.3. The van der Waals surface area contributed by atoms with Crippen molar-refractivity contribution in [1.29, 1.82) is 0 Å². The van der Waals surface area contributed by atoms with Gasteiger partial charge >= 0.3 is 0 Å². The van der Waals surface area contributed by atoms with Crippen molar-refractivity contribution in [2.75, 3.05) is 0 Å². The van der Waals surface area contributed by atoms with Gasteiger partial charge < -0.3 is 34.7 Å². The molecule has 0 radical (unpaired) electrons. The van der Waals surface area contributed by atoms with Gasteiger partial charge in [0.1, 0.15) is 30.2 Å². The van der Waals surface area contributed by atoms with Crippen LogP contribution in [0.1, 0.15) is 72.1 Å². The van der Waals surface area contributed by atoms with Gasteiger partial charge in [-0.2, -0.15) is 0 Å². The molecule has 8 heteroatoms. The highest BCUT2D eigenvalue weighted by molar-refractivity contribution is 5.79. The number of aliphatic hydroxyl groups excluding tert-OH is 3. The molecule has 0 amide bonds. The van der Waals surface area contributed by atoms with E-state index in [9.17, 15) is 30.0 Å². The van der Waals surface area contributed by atoms with Gasteiger partial charge in [-0.25, -0.2) is 0 Å². The number of ketones is 1. The molecule has 5 rings (SSSR count). The van der Waals surface area contributed by atoms with E-state index in [0.717, 1.165) is 44.9 Å². The van der Waals surface area contributed by atoms with Crippen molar-refractivity contribution in [3.63, 3.8) is 0 Å². The number of rotatable bonds is 4. The summed E-state index contributed by atoms with van der Waals surface area (Å²) < 4.78 is 11.3. The number of aliphatic hydroxyl groups is 3. The second kappa shape index (κ2) is 8.91. The zero-order valence-corrected chi connectivity index (χ0v) is 20.9. The van der Waals surface area contributed by atoms with E-state index < -0.39 is 36.7 Å². The zero-order valence-electron chi connectivity index (χ0n) is 20.9. The van der Waals surface area contributed by atoms with Gasteiger partial charge in [0, 0.05) is 5.92 Å². The summed E-state index contributed by atoms with van der Waals surface area (Å²) in [5, 5.41) is 41.6. The molecule has 0 aromatic heterocycles. The Labute approximate surface area is 206 Å². The number of carbonyl (C=O) groups excluding carboxylic acids is 2. The fourth-order valence-corrected chi connectivity index (χ4v) is 8.76. The average molecular weight is 492 g/mol. The third-order valence-electron chi connectivity index (χ3n) is 10.7. The molecule has 0 aromatic carbocycles. The lowest BCUT2D eigenvalue weighted by Gasteiger charge is -2.58. The maximum atomic E-state index is 12.4. The van der Waals surface area contributed by atoms with E-state index in [2.05, 4.69) is 19.9 Å². The predicted octanol–water partition coefficient (Wildman–Crippen LogP) is 1.10. The zero-order chi connectivity index (χ0) is 25.3. The summed E-state index contributed by atoms with van der Waals surface area (Å²) >= 11 is 0. The van der Waals surface area contributed by atoms with Crippen molar-refractivity contribution >= 4 is 11.8 Å². The largest absolute Gasteiger partial charge is 0.547 e. The standard InChI is InChI=1S/C27H40O8/c1-13(28)17-6-7-18-16-5-4-14-12-15(8-10-26(14,2)19(16)9-11-27(17,18)3)34-25-22(31)20(29)21(30)23(35-25)24(32)33/h4,15-23,25,29-31H,5-12H2,1-3H3,(H,32,33)/p-1. The normalized spacial score (nSPS) is 51.5. The first-order valence-corrected chi connectivity index (χ1v) is 13.2. The molecule has 12 unspecified atom stereocenters. The van der Waals surface area contributed by atoms with Gasteiger partial charge in [-0.15, -0.1) is 0 Å². The minimum atomic E-state index is -1.78. The Balaban J connectivity index is 1.30. The lowest BCUT2D eigenvalue weighted by atomic mass is 9.47. The fraction of sp³-hybridized carbons (Fsp3) is 0.852. The van der Waals surface area contributed by atoms with Crippen LogP contribution in [-0.2, 0) is 19.1 Å². The highest BCUT2D eigenvalue weighted by Gasteiger charge is 2.59. The van der Waals surface area contributed by atoms with Gasteiger partial charge in [0.25, 0.3) is 0 Å². The number of Topliss-reactive ketones (excluding diaryl/α,β-unsaturated/α-hetero) is 1. The van der Waals surface area contributed by atoms with Crippen LogP contribution in [0, 0.1) is 34.5 Å². The highest BCUT2D eigenvalue weighted by atomic mass is 16.7. The van der Waals surface area contributed by atoms with Crippen LogP contribution in [0.2, 0.25) is 0 Å². The van der Waals surface area contributed by atoms with E-state index in [1.807, 2.05) is 0 Å². The molecule has 1 heterocycles. The second-order valence-corrected chi connectivity index (χ2v) is 12.3. The molecular formula is C27H39O8-. The number of hydrogen-bond acceptors (Lipinski definition) is 8. The minimum absolute atomic E-state index is 0.0632. The first kappa shape index (κ1) is 25.3. The number of fused-ring (bicyclic) bond motifs is 5. The van der Waals surface area contributed by atoms with Crippen LogP contribution < -0.4 is 5.11 Å². The maximum absolute atomic E-state index is 12.4. The van der Waals surface area contributed by atoms with Gasteiger partial charge in [0.05, 0.1) is 12.1 Å². The molecule has 8 nitrogen and oxygen atoms in total. The molecule has 4 fully saturated rings. The van der Waals surface area contributed by atoms with Crippen molar-refractivity contribution in [2.24, 2.45) is 34.5 Å². The molecule has 3 N–H and O–H groups in total. The number of carboxylic acids is 1. The molecule has 0 bridgehead atoms. The highest BCUT2D eigenvalue weighted by Crippen LogP contribution is 2.66. The van der Waals surface area contributed by atoms with Crippen molar-refractivity contribution in [3.05, 3.63) is 11.6 Å². The quantitative estimate of drug-likeness (QED) is 0.498. The van der Waals surface area contributed by atoms with Crippen LogP contribution in [0.5, 0.6) is 0 Å². The van der Waals surface area contributed by atoms with E-state index >= 15 is 0 Å². The Morgan fingerprint density at radius 1 is 1.03 bits per heavy atom. The monoisotopic (exact) mass is 491 g/mol. The lowest BCUT2D eigenvalue weighted by Crippen LogP contribution is -2.63. The van der Waals surface area contributed by atoms with Crippen molar-refractivity contribution in [3.8, 4) is 0 Å². The Morgan fingerprint density at radius 2 is 1.77 bits per heavy atom. The molecule has 4 aliphatic carbocycles. The van der Waals surface area contributed by atoms with Crippen LogP contribution in [-0.4, -0.2) is 63.9 Å². The van der Waals surface area contributed by atoms with Crippen LogP contribution in [0.3, 0.4) is 0 Å². The van der Waals surface area contributed by atoms with Gasteiger partial charge in [0.2, 0.25) is 0 Å². The van der Waals surface area contributed by atoms with Crippen LogP contribution in [0.15, 0.2) is 11.6 Å². The van der Waals surface area contributed by atoms with Crippen LogP contribution >= 0.6 is 0 Å². The van der Waals surface area contributed by atoms with E-state index in [1.54, 1.807) is 6.92 Å². The summed E-state index contributed by atoms with van der Waals surface area (Å²) in [6, 6.07) is 0. The summed E-state index contributed by atoms with van der Waals surface area (Å²) in [4.78, 5) is 23.7. The van der Waals surface area contributed by atoms with Crippen molar-refractivity contribution in [2.45, 2.75) is 109 Å². The van der Waals surface area contributed by atoms with Gasteiger partial charge in [-0.1, -0.05) is 25.5 Å². The van der Waals surface area contributed by atoms with Crippen LogP contribution in [0.4, 0.5) is 0 Å². The molecule has 3 saturated carbocycles. The molecule has 12 atom stereocenters. The summed E-state index contributed by atoms with van der Waals surface area (Å²) in [7, 11) is 0. The smallest absolute Gasteiger partial charge is 0.187 e.